The van der Waals surface area contributed by atoms with E-state index in [1.165, 1.54) is 0 Å². The number of methoxy groups -OCH3 is 1. The van der Waals surface area contributed by atoms with Crippen LogP contribution in [0.5, 0.6) is 5.75 Å². The van der Waals surface area contributed by atoms with Crippen molar-refractivity contribution in [1.29, 1.82) is 0 Å². The summed E-state index contributed by atoms with van der Waals surface area (Å²) in [5.41, 5.74) is 3.44. The topological polar surface area (TPSA) is 29.5 Å². The highest BCUT2D eigenvalue weighted by Crippen LogP contribution is 2.30. The van der Waals surface area contributed by atoms with Crippen molar-refractivity contribution in [1.82, 2.24) is 0 Å². The van der Waals surface area contributed by atoms with Gasteiger partial charge in [-0.05, 0) is 41.5 Å². The second kappa shape index (κ2) is 8.71. The molecule has 3 rings (SSSR count). The van der Waals surface area contributed by atoms with E-state index in [1.54, 1.807) is 13.2 Å². The van der Waals surface area contributed by atoms with Gasteiger partial charge in [0.15, 0.2) is 0 Å². The van der Waals surface area contributed by atoms with E-state index in [9.17, 15) is 5.11 Å². The average molecular weight is 340 g/mol. The van der Waals surface area contributed by atoms with Crippen LogP contribution < -0.4 is 4.74 Å². The average Bonchev–Trinajstić information content (AvgIpc) is 2.72. The van der Waals surface area contributed by atoms with Crippen LogP contribution in [-0.2, 0) is 0 Å². The molecule has 0 aliphatic heterocycles. The SMILES string of the molecule is COc1ccc(C(O)/C(=C\C#Cc2ccccc2)c2ccccc2)cc1. The van der Waals surface area contributed by atoms with E-state index < -0.39 is 6.10 Å². The molecule has 2 heteroatoms. The zero-order valence-electron chi connectivity index (χ0n) is 14.6. The van der Waals surface area contributed by atoms with Crippen LogP contribution in [0.4, 0.5) is 0 Å². The number of hydrogen-bond acceptors (Lipinski definition) is 2. The second-order valence-corrected chi connectivity index (χ2v) is 5.78. The van der Waals surface area contributed by atoms with E-state index in [2.05, 4.69) is 11.8 Å². The zero-order valence-corrected chi connectivity index (χ0v) is 14.6. The molecule has 0 amide bonds. The molecule has 128 valence electrons. The minimum absolute atomic E-state index is 0.759. The first-order valence-electron chi connectivity index (χ1n) is 8.42. The number of aliphatic hydroxyl groups excluding tert-OH is 1. The monoisotopic (exact) mass is 340 g/mol. The Bertz CT molecular complexity index is 915. The number of allylic oxidation sites excluding steroid dienone is 1. The van der Waals surface area contributed by atoms with Crippen LogP contribution >= 0.6 is 0 Å². The molecule has 1 unspecified atom stereocenters. The number of aliphatic hydroxyl groups is 1. The first-order chi connectivity index (χ1) is 12.8. The van der Waals surface area contributed by atoms with Gasteiger partial charge < -0.3 is 9.84 Å². The fourth-order valence-corrected chi connectivity index (χ4v) is 2.64. The van der Waals surface area contributed by atoms with E-state index in [-0.39, 0.29) is 0 Å². The third-order valence-corrected chi connectivity index (χ3v) is 4.05. The molecule has 26 heavy (non-hydrogen) atoms. The maximum Gasteiger partial charge on any atom is 0.118 e. The third kappa shape index (κ3) is 4.42. The highest BCUT2D eigenvalue weighted by molar-refractivity contribution is 5.72. The van der Waals surface area contributed by atoms with Crippen molar-refractivity contribution >= 4 is 5.57 Å². The lowest BCUT2D eigenvalue weighted by atomic mass is 9.95. The van der Waals surface area contributed by atoms with E-state index >= 15 is 0 Å². The molecule has 3 aromatic carbocycles. The molecule has 2 nitrogen and oxygen atoms in total. The molecule has 0 bridgehead atoms. The molecule has 0 heterocycles. The van der Waals surface area contributed by atoms with Gasteiger partial charge in [0.1, 0.15) is 11.9 Å². The summed E-state index contributed by atoms with van der Waals surface area (Å²) in [6.45, 7) is 0. The first-order valence-corrected chi connectivity index (χ1v) is 8.42. The van der Waals surface area contributed by atoms with E-state index in [4.69, 9.17) is 4.74 Å². The van der Waals surface area contributed by atoms with Crippen molar-refractivity contribution in [2.24, 2.45) is 0 Å². The molecule has 0 aromatic heterocycles. The maximum absolute atomic E-state index is 10.9. The van der Waals surface area contributed by atoms with Crippen molar-refractivity contribution in [3.63, 3.8) is 0 Å². The molecular formula is C24H20O2. The molecule has 0 saturated carbocycles. The van der Waals surface area contributed by atoms with E-state index in [0.29, 0.717) is 0 Å². The Morgan fingerprint density at radius 2 is 1.50 bits per heavy atom. The minimum atomic E-state index is -0.770. The van der Waals surface area contributed by atoms with Crippen LogP contribution in [0.15, 0.2) is 91.0 Å². The van der Waals surface area contributed by atoms with Gasteiger partial charge in [-0.2, -0.15) is 0 Å². The predicted octanol–water partition coefficient (Wildman–Crippen LogP) is 4.86. The van der Waals surface area contributed by atoms with Crippen LogP contribution in [0.1, 0.15) is 22.8 Å². The van der Waals surface area contributed by atoms with E-state index in [0.717, 1.165) is 28.0 Å². The quantitative estimate of drug-likeness (QED) is 0.687. The smallest absolute Gasteiger partial charge is 0.118 e. The fraction of sp³-hybridized carbons (Fsp3) is 0.0833. The summed E-state index contributed by atoms with van der Waals surface area (Å²) in [6, 6.07) is 27.0. The van der Waals surface area contributed by atoms with Crippen molar-refractivity contribution in [2.45, 2.75) is 6.10 Å². The van der Waals surface area contributed by atoms with Gasteiger partial charge >= 0.3 is 0 Å². The highest BCUT2D eigenvalue weighted by Gasteiger charge is 2.15. The van der Waals surface area contributed by atoms with Crippen LogP contribution in [0.2, 0.25) is 0 Å². The Morgan fingerprint density at radius 3 is 2.12 bits per heavy atom. The standard InChI is InChI=1S/C24H20O2/c1-26-22-17-15-21(16-18-22)24(25)23(20-12-6-3-7-13-20)14-8-11-19-9-4-2-5-10-19/h2-7,9-10,12-18,24-25H,1H3/b23-14-. The number of ether oxygens (including phenoxy) is 1. The second-order valence-electron chi connectivity index (χ2n) is 5.78. The van der Waals surface area contributed by atoms with Crippen molar-refractivity contribution < 1.29 is 9.84 Å². The molecule has 0 aliphatic carbocycles. The largest absolute Gasteiger partial charge is 0.497 e. The van der Waals surface area contributed by atoms with Crippen molar-refractivity contribution in [3.8, 4) is 17.6 Å². The summed E-state index contributed by atoms with van der Waals surface area (Å²) in [5, 5.41) is 10.9. The van der Waals surface area contributed by atoms with Gasteiger partial charge in [-0.1, -0.05) is 72.5 Å². The Hall–Kier alpha value is -3.28. The van der Waals surface area contributed by atoms with Crippen LogP contribution in [-0.4, -0.2) is 12.2 Å². The number of benzene rings is 3. The molecule has 0 saturated heterocycles. The van der Waals surface area contributed by atoms with Gasteiger partial charge in [0.2, 0.25) is 0 Å². The van der Waals surface area contributed by atoms with Crippen molar-refractivity contribution in [2.75, 3.05) is 7.11 Å². The summed E-state index contributed by atoms with van der Waals surface area (Å²) < 4.78 is 5.19. The lowest BCUT2D eigenvalue weighted by molar-refractivity contribution is 0.238. The van der Waals surface area contributed by atoms with Gasteiger partial charge in [-0.15, -0.1) is 0 Å². The predicted molar refractivity (Wildman–Crippen MR) is 106 cm³/mol. The van der Waals surface area contributed by atoms with Gasteiger partial charge in [-0.3, -0.25) is 0 Å². The van der Waals surface area contributed by atoms with Gasteiger partial charge in [0, 0.05) is 11.1 Å². The Labute approximate surface area is 154 Å². The highest BCUT2D eigenvalue weighted by atomic mass is 16.5. The van der Waals surface area contributed by atoms with Crippen LogP contribution in [0.3, 0.4) is 0 Å². The molecule has 1 atom stereocenters. The molecule has 3 aromatic rings. The lowest BCUT2D eigenvalue weighted by Crippen LogP contribution is -2.01. The lowest BCUT2D eigenvalue weighted by Gasteiger charge is -2.15. The Morgan fingerprint density at radius 1 is 0.885 bits per heavy atom. The molecule has 0 radical (unpaired) electrons. The minimum Gasteiger partial charge on any atom is -0.497 e. The first kappa shape index (κ1) is 17.5. The molecular weight excluding hydrogens is 320 g/mol. The zero-order chi connectivity index (χ0) is 18.2. The molecule has 0 fully saturated rings. The van der Waals surface area contributed by atoms with Crippen LogP contribution in [0.25, 0.3) is 5.57 Å². The number of hydrogen-bond donors (Lipinski definition) is 1. The maximum atomic E-state index is 10.9. The summed E-state index contributed by atoms with van der Waals surface area (Å²) >= 11 is 0. The molecule has 0 aliphatic rings. The van der Waals surface area contributed by atoms with Crippen LogP contribution in [0, 0.1) is 11.8 Å². The van der Waals surface area contributed by atoms with Gasteiger partial charge in [0.05, 0.1) is 7.11 Å². The molecule has 0 spiro atoms. The summed E-state index contributed by atoms with van der Waals surface area (Å²) in [6.07, 6.45) is 1.02. The van der Waals surface area contributed by atoms with E-state index in [1.807, 2.05) is 84.9 Å². The van der Waals surface area contributed by atoms with Gasteiger partial charge in [-0.25, -0.2) is 0 Å². The summed E-state index contributed by atoms with van der Waals surface area (Å²) in [5.74, 6) is 6.95. The third-order valence-electron chi connectivity index (χ3n) is 4.05. The number of rotatable bonds is 4. The fourth-order valence-electron chi connectivity index (χ4n) is 2.64. The Balaban J connectivity index is 1.95. The molecule has 1 N–H and O–H groups in total. The Kier molecular flexibility index (Phi) is 5.88. The normalized spacial score (nSPS) is 12.0. The van der Waals surface area contributed by atoms with Gasteiger partial charge in [0.25, 0.3) is 0 Å². The summed E-state index contributed by atoms with van der Waals surface area (Å²) in [4.78, 5) is 0. The summed E-state index contributed by atoms with van der Waals surface area (Å²) in [7, 11) is 1.62. The van der Waals surface area contributed by atoms with Crippen molar-refractivity contribution in [3.05, 3.63) is 108 Å².